The van der Waals surface area contributed by atoms with Crippen molar-refractivity contribution in [1.29, 1.82) is 0 Å². The average molecular weight is 180 g/mol. The van der Waals surface area contributed by atoms with E-state index in [0.29, 0.717) is 11.7 Å². The minimum atomic E-state index is 0.201. The van der Waals surface area contributed by atoms with Crippen molar-refractivity contribution in [3.05, 3.63) is 21.4 Å². The molecule has 1 aromatic rings. The third-order valence-electron chi connectivity index (χ3n) is 2.76. The van der Waals surface area contributed by atoms with Gasteiger partial charge in [0.15, 0.2) is 5.78 Å². The summed E-state index contributed by atoms with van der Waals surface area (Å²) in [7, 11) is 0. The highest BCUT2D eigenvalue weighted by atomic mass is 32.1. The van der Waals surface area contributed by atoms with Crippen molar-refractivity contribution in [1.82, 2.24) is 0 Å². The predicted molar refractivity (Wildman–Crippen MR) is 51.0 cm³/mol. The van der Waals surface area contributed by atoms with E-state index in [-0.39, 0.29) is 5.92 Å². The van der Waals surface area contributed by atoms with Crippen LogP contribution in [0.5, 0.6) is 0 Å². The Labute approximate surface area is 76.4 Å². The van der Waals surface area contributed by atoms with Gasteiger partial charge in [0, 0.05) is 10.8 Å². The van der Waals surface area contributed by atoms with Crippen LogP contribution in [0.3, 0.4) is 0 Å². The van der Waals surface area contributed by atoms with Gasteiger partial charge in [-0.1, -0.05) is 13.8 Å². The van der Waals surface area contributed by atoms with E-state index in [0.717, 1.165) is 4.88 Å². The number of carbonyl (C=O) groups is 1. The van der Waals surface area contributed by atoms with E-state index in [1.54, 1.807) is 11.3 Å². The lowest BCUT2D eigenvalue weighted by Gasteiger charge is -2.06. The second kappa shape index (κ2) is 2.43. The molecule has 0 radical (unpaired) electrons. The van der Waals surface area contributed by atoms with Crippen LogP contribution in [0.25, 0.3) is 0 Å². The van der Waals surface area contributed by atoms with E-state index >= 15 is 0 Å². The van der Waals surface area contributed by atoms with E-state index in [9.17, 15) is 4.79 Å². The van der Waals surface area contributed by atoms with E-state index < -0.39 is 0 Å². The Morgan fingerprint density at radius 3 is 2.58 bits per heavy atom. The molecule has 0 N–H and O–H groups in total. The fourth-order valence-electron chi connectivity index (χ4n) is 1.77. The summed E-state index contributed by atoms with van der Waals surface area (Å²) < 4.78 is 0. The lowest BCUT2D eigenvalue weighted by molar-refractivity contribution is 0.0940. The molecule has 0 unspecified atom stereocenters. The third-order valence-corrected chi connectivity index (χ3v) is 3.84. The molecule has 1 aromatic heterocycles. The van der Waals surface area contributed by atoms with Crippen LogP contribution in [0.15, 0.2) is 6.07 Å². The van der Waals surface area contributed by atoms with Crippen LogP contribution in [0.4, 0.5) is 0 Å². The van der Waals surface area contributed by atoms with Crippen molar-refractivity contribution < 1.29 is 4.79 Å². The molecular formula is C10H12OS. The molecule has 0 aliphatic heterocycles. The van der Waals surface area contributed by atoms with E-state index in [4.69, 9.17) is 0 Å². The Bertz CT molecular complexity index is 338. The van der Waals surface area contributed by atoms with Gasteiger partial charge in [-0.05, 0) is 24.5 Å². The number of hydrogen-bond acceptors (Lipinski definition) is 2. The number of fused-ring (bicyclic) bond motifs is 1. The van der Waals surface area contributed by atoms with Gasteiger partial charge in [-0.15, -0.1) is 11.3 Å². The largest absolute Gasteiger partial charge is 0.293 e. The average Bonchev–Trinajstić information content (AvgIpc) is 2.49. The fourth-order valence-corrected chi connectivity index (χ4v) is 2.92. The summed E-state index contributed by atoms with van der Waals surface area (Å²) in [5.41, 5.74) is 1.27. The van der Waals surface area contributed by atoms with Gasteiger partial charge in [0.05, 0.1) is 4.88 Å². The minimum absolute atomic E-state index is 0.201. The lowest BCUT2D eigenvalue weighted by atomic mass is 9.96. The zero-order valence-corrected chi connectivity index (χ0v) is 8.37. The first-order valence-electron chi connectivity index (χ1n) is 4.26. The minimum Gasteiger partial charge on any atom is -0.293 e. The van der Waals surface area contributed by atoms with Crippen LogP contribution in [0, 0.1) is 12.8 Å². The third kappa shape index (κ3) is 0.876. The summed E-state index contributed by atoms with van der Waals surface area (Å²) in [6, 6.07) is 2.16. The van der Waals surface area contributed by atoms with Gasteiger partial charge in [0.25, 0.3) is 0 Å². The number of rotatable bonds is 0. The first-order chi connectivity index (χ1) is 5.61. The monoisotopic (exact) mass is 180 g/mol. The predicted octanol–water partition coefficient (Wildman–Crippen LogP) is 2.99. The van der Waals surface area contributed by atoms with Crippen LogP contribution >= 0.6 is 11.3 Å². The van der Waals surface area contributed by atoms with E-state index in [1.807, 2.05) is 6.92 Å². The Balaban J connectivity index is 2.57. The SMILES string of the molecule is Cc1cc2c(s1)C(=O)[C@@H](C)[C@H]2C. The second-order valence-electron chi connectivity index (χ2n) is 3.58. The zero-order valence-electron chi connectivity index (χ0n) is 7.55. The number of aryl methyl sites for hydroxylation is 1. The van der Waals surface area contributed by atoms with Crippen molar-refractivity contribution in [2.24, 2.45) is 5.92 Å². The molecular weight excluding hydrogens is 168 g/mol. The fraction of sp³-hybridized carbons (Fsp3) is 0.500. The van der Waals surface area contributed by atoms with Gasteiger partial charge in [-0.3, -0.25) is 4.79 Å². The summed E-state index contributed by atoms with van der Waals surface area (Å²) in [6.07, 6.45) is 0. The summed E-state index contributed by atoms with van der Waals surface area (Å²) in [6.45, 7) is 6.23. The second-order valence-corrected chi connectivity index (χ2v) is 4.84. The number of carbonyl (C=O) groups excluding carboxylic acids is 1. The van der Waals surface area contributed by atoms with Crippen molar-refractivity contribution >= 4 is 17.1 Å². The molecule has 0 saturated heterocycles. The number of hydrogen-bond donors (Lipinski definition) is 0. The maximum Gasteiger partial charge on any atom is 0.176 e. The lowest BCUT2D eigenvalue weighted by Crippen LogP contribution is -2.06. The number of thiophene rings is 1. The molecule has 2 rings (SSSR count). The van der Waals surface area contributed by atoms with Crippen molar-refractivity contribution in [3.63, 3.8) is 0 Å². The number of Topliss-reactive ketones (excluding diaryl/α,β-unsaturated/α-hetero) is 1. The Morgan fingerprint density at radius 1 is 1.33 bits per heavy atom. The molecule has 12 heavy (non-hydrogen) atoms. The Morgan fingerprint density at radius 2 is 2.00 bits per heavy atom. The highest BCUT2D eigenvalue weighted by Gasteiger charge is 2.35. The molecule has 1 heterocycles. The molecule has 0 aromatic carbocycles. The molecule has 1 nitrogen and oxygen atoms in total. The summed E-state index contributed by atoms with van der Waals surface area (Å²) in [4.78, 5) is 13.9. The highest BCUT2D eigenvalue weighted by Crippen LogP contribution is 2.41. The molecule has 0 bridgehead atoms. The quantitative estimate of drug-likeness (QED) is 0.600. The molecule has 64 valence electrons. The van der Waals surface area contributed by atoms with Gasteiger partial charge in [-0.25, -0.2) is 0 Å². The molecule has 2 atom stereocenters. The molecule has 0 fully saturated rings. The van der Waals surface area contributed by atoms with Crippen LogP contribution in [0.2, 0.25) is 0 Å². The van der Waals surface area contributed by atoms with Crippen LogP contribution in [-0.4, -0.2) is 5.78 Å². The highest BCUT2D eigenvalue weighted by molar-refractivity contribution is 7.14. The summed E-state index contributed by atoms with van der Waals surface area (Å²) in [5.74, 6) is 0.972. The maximum absolute atomic E-state index is 11.6. The van der Waals surface area contributed by atoms with Crippen molar-refractivity contribution in [2.75, 3.05) is 0 Å². The summed E-state index contributed by atoms with van der Waals surface area (Å²) in [5, 5.41) is 0. The first kappa shape index (κ1) is 7.99. The Hall–Kier alpha value is -0.630. The van der Waals surface area contributed by atoms with Crippen LogP contribution < -0.4 is 0 Å². The molecule has 1 aliphatic rings. The van der Waals surface area contributed by atoms with Gasteiger partial charge in [-0.2, -0.15) is 0 Å². The van der Waals surface area contributed by atoms with E-state index in [1.165, 1.54) is 10.4 Å². The molecule has 1 aliphatic carbocycles. The van der Waals surface area contributed by atoms with E-state index in [2.05, 4.69) is 19.9 Å². The molecule has 0 spiro atoms. The van der Waals surface area contributed by atoms with Gasteiger partial charge >= 0.3 is 0 Å². The van der Waals surface area contributed by atoms with Gasteiger partial charge in [0.2, 0.25) is 0 Å². The molecule has 2 heteroatoms. The van der Waals surface area contributed by atoms with Crippen LogP contribution in [-0.2, 0) is 0 Å². The standard InChI is InChI=1S/C10H12OS/c1-5-4-8-6(2)7(3)9(11)10(8)12-5/h4,6-7H,1-3H3/t6-,7+/m1/s1. The first-order valence-corrected chi connectivity index (χ1v) is 5.07. The summed E-state index contributed by atoms with van der Waals surface area (Å²) >= 11 is 1.64. The van der Waals surface area contributed by atoms with Crippen molar-refractivity contribution in [2.45, 2.75) is 26.7 Å². The zero-order chi connectivity index (χ0) is 8.88. The Kier molecular flexibility index (Phi) is 1.62. The van der Waals surface area contributed by atoms with Gasteiger partial charge < -0.3 is 0 Å². The number of ketones is 1. The smallest absolute Gasteiger partial charge is 0.176 e. The molecule has 0 saturated carbocycles. The van der Waals surface area contributed by atoms with Gasteiger partial charge in [0.1, 0.15) is 0 Å². The van der Waals surface area contributed by atoms with Crippen LogP contribution in [0.1, 0.15) is 39.9 Å². The van der Waals surface area contributed by atoms with Crippen molar-refractivity contribution in [3.8, 4) is 0 Å². The topological polar surface area (TPSA) is 17.1 Å². The maximum atomic E-state index is 11.6. The molecule has 0 amide bonds. The normalized spacial score (nSPS) is 27.8.